The Morgan fingerprint density at radius 3 is 2.35 bits per heavy atom. The lowest BCUT2D eigenvalue weighted by Gasteiger charge is -2.34. The number of anilines is 1. The zero-order valence-electron chi connectivity index (χ0n) is 18.1. The van der Waals surface area contributed by atoms with Crippen LogP contribution in [0.3, 0.4) is 0 Å². The highest BCUT2D eigenvalue weighted by Gasteiger charge is 2.48. The molecule has 1 N–H and O–H groups in total. The van der Waals surface area contributed by atoms with Gasteiger partial charge < -0.3 is 5.11 Å². The number of benzene rings is 1. The van der Waals surface area contributed by atoms with E-state index in [1.807, 2.05) is 0 Å². The topological polar surface area (TPSA) is 105 Å². The third-order valence-electron chi connectivity index (χ3n) is 5.45. The molecular weight excluding hydrogens is 460 g/mol. The Bertz CT molecular complexity index is 1310. The number of fused-ring (bicyclic) bond motifs is 1. The summed E-state index contributed by atoms with van der Waals surface area (Å²) in [6, 6.07) is 5.82. The van der Waals surface area contributed by atoms with E-state index in [0.29, 0.717) is 11.1 Å². The molecule has 3 rings (SSSR count). The van der Waals surface area contributed by atoms with E-state index >= 15 is 0 Å². The third kappa shape index (κ3) is 3.52. The minimum atomic E-state index is -4.11. The molecule has 0 bridgehead atoms. The maximum atomic E-state index is 13.6. The molecule has 0 fully saturated rings. The van der Waals surface area contributed by atoms with Gasteiger partial charge in [0.05, 0.1) is 21.7 Å². The first-order valence-electron chi connectivity index (χ1n) is 9.56. The van der Waals surface area contributed by atoms with Gasteiger partial charge in [-0.15, -0.1) is 0 Å². The molecule has 1 aliphatic rings. The van der Waals surface area contributed by atoms with Crippen molar-refractivity contribution < 1.29 is 21.9 Å². The van der Waals surface area contributed by atoms with Gasteiger partial charge in [0.2, 0.25) is 10.0 Å². The minimum absolute atomic E-state index is 0.0263. The molecule has 0 atom stereocenters. The molecule has 2 aromatic rings. The van der Waals surface area contributed by atoms with E-state index in [-0.39, 0.29) is 26.9 Å². The van der Waals surface area contributed by atoms with E-state index < -0.39 is 36.4 Å². The Morgan fingerprint density at radius 2 is 1.81 bits per heavy atom. The molecule has 0 amide bonds. The standard InChI is InChI=1S/C21H25ClN2O5S2/c1-12(2)24(30(6,26)27)18-13(3)9-10-14(16(18)22)20-19(25)17-15(8-7-11-23-17)21(4,5)31(20,28)29/h7-12,25H,1-6H3. The third-order valence-corrected chi connectivity index (χ3v) is 9.66. The SMILES string of the molecule is Cc1ccc(C2=C(O)c3ncccc3C(C)(C)S2(=O)=O)c(Cl)c1N(C(C)C)S(C)(=O)=O. The summed E-state index contributed by atoms with van der Waals surface area (Å²) >= 11 is 6.67. The number of sulfone groups is 1. The molecule has 0 aliphatic carbocycles. The van der Waals surface area contributed by atoms with Gasteiger partial charge in [0.1, 0.15) is 10.6 Å². The van der Waals surface area contributed by atoms with Crippen LogP contribution in [0, 0.1) is 6.92 Å². The van der Waals surface area contributed by atoms with Crippen LogP contribution in [0.1, 0.15) is 50.1 Å². The molecule has 0 saturated heterocycles. The Balaban J connectivity index is 2.44. The lowest BCUT2D eigenvalue weighted by molar-refractivity contribution is 0.501. The molecule has 7 nitrogen and oxygen atoms in total. The lowest BCUT2D eigenvalue weighted by atomic mass is 9.97. The second kappa shape index (κ2) is 7.50. The first-order chi connectivity index (χ1) is 14.1. The first kappa shape index (κ1) is 23.6. The molecular formula is C21H25ClN2O5S2. The van der Waals surface area contributed by atoms with Crippen LogP contribution in [0.15, 0.2) is 30.5 Å². The number of aliphatic hydroxyl groups excluding tert-OH is 1. The van der Waals surface area contributed by atoms with E-state index in [2.05, 4.69) is 4.98 Å². The summed E-state index contributed by atoms with van der Waals surface area (Å²) in [6.07, 6.45) is 2.53. The fourth-order valence-electron chi connectivity index (χ4n) is 3.90. The summed E-state index contributed by atoms with van der Waals surface area (Å²) in [7, 11) is -7.83. The van der Waals surface area contributed by atoms with Gasteiger partial charge in [0, 0.05) is 23.4 Å². The van der Waals surface area contributed by atoms with Gasteiger partial charge in [-0.25, -0.2) is 16.8 Å². The number of rotatable bonds is 4. The molecule has 31 heavy (non-hydrogen) atoms. The summed E-state index contributed by atoms with van der Waals surface area (Å²) in [5.41, 5.74) is 1.29. The highest BCUT2D eigenvalue weighted by Crippen LogP contribution is 2.50. The molecule has 0 unspecified atom stereocenters. The summed E-state index contributed by atoms with van der Waals surface area (Å²) in [4.78, 5) is 3.82. The van der Waals surface area contributed by atoms with Crippen LogP contribution in [0.4, 0.5) is 5.69 Å². The van der Waals surface area contributed by atoms with Crippen molar-refractivity contribution in [2.45, 2.75) is 45.4 Å². The van der Waals surface area contributed by atoms with Gasteiger partial charge >= 0.3 is 0 Å². The molecule has 0 spiro atoms. The maximum Gasteiger partial charge on any atom is 0.232 e. The number of nitrogens with zero attached hydrogens (tertiary/aromatic N) is 2. The molecule has 2 heterocycles. The predicted molar refractivity (Wildman–Crippen MR) is 124 cm³/mol. The van der Waals surface area contributed by atoms with Crippen LogP contribution >= 0.6 is 11.6 Å². The van der Waals surface area contributed by atoms with Crippen molar-refractivity contribution in [3.63, 3.8) is 0 Å². The summed E-state index contributed by atoms with van der Waals surface area (Å²) in [6.45, 7) is 8.15. The van der Waals surface area contributed by atoms with Gasteiger partial charge in [0.25, 0.3) is 0 Å². The normalized spacial score (nSPS) is 17.5. The zero-order chi connectivity index (χ0) is 23.5. The van der Waals surface area contributed by atoms with Crippen molar-refractivity contribution in [1.29, 1.82) is 0 Å². The second-order valence-electron chi connectivity index (χ2n) is 8.34. The number of aliphatic hydroxyl groups is 1. The number of halogens is 1. The van der Waals surface area contributed by atoms with Crippen molar-refractivity contribution in [2.75, 3.05) is 10.6 Å². The lowest BCUT2D eigenvalue weighted by Crippen LogP contribution is -2.37. The van der Waals surface area contributed by atoms with Crippen LogP contribution in [0.25, 0.3) is 10.7 Å². The number of aryl methyl sites for hydroxylation is 1. The predicted octanol–water partition coefficient (Wildman–Crippen LogP) is 4.27. The quantitative estimate of drug-likeness (QED) is 0.695. The smallest absolute Gasteiger partial charge is 0.232 e. The number of aromatic nitrogens is 1. The fourth-order valence-corrected chi connectivity index (χ4v) is 7.51. The van der Waals surface area contributed by atoms with Crippen molar-refractivity contribution in [3.8, 4) is 0 Å². The van der Waals surface area contributed by atoms with Gasteiger partial charge in [-0.3, -0.25) is 9.29 Å². The molecule has 1 aromatic carbocycles. The van der Waals surface area contributed by atoms with E-state index in [1.54, 1.807) is 39.0 Å². The number of sulfonamides is 1. The van der Waals surface area contributed by atoms with Gasteiger partial charge in [-0.05, 0) is 46.2 Å². The van der Waals surface area contributed by atoms with Crippen LogP contribution in [0.5, 0.6) is 0 Å². The van der Waals surface area contributed by atoms with Crippen molar-refractivity contribution in [3.05, 3.63) is 57.9 Å². The second-order valence-corrected chi connectivity index (χ2v) is 13.0. The number of hydrogen-bond acceptors (Lipinski definition) is 6. The Kier molecular flexibility index (Phi) is 5.70. The van der Waals surface area contributed by atoms with E-state index in [0.717, 1.165) is 10.6 Å². The zero-order valence-corrected chi connectivity index (χ0v) is 20.5. The van der Waals surface area contributed by atoms with Crippen LogP contribution < -0.4 is 4.31 Å². The maximum absolute atomic E-state index is 13.6. The van der Waals surface area contributed by atoms with Gasteiger partial charge in [-0.2, -0.15) is 0 Å². The van der Waals surface area contributed by atoms with Crippen molar-refractivity contribution in [1.82, 2.24) is 4.98 Å². The van der Waals surface area contributed by atoms with Gasteiger partial charge in [-0.1, -0.05) is 29.8 Å². The largest absolute Gasteiger partial charge is 0.504 e. The summed E-state index contributed by atoms with van der Waals surface area (Å²) in [5.74, 6) is -0.512. The summed E-state index contributed by atoms with van der Waals surface area (Å²) < 4.78 is 52.0. The van der Waals surface area contributed by atoms with Crippen molar-refractivity contribution >= 4 is 47.8 Å². The van der Waals surface area contributed by atoms with E-state index in [4.69, 9.17) is 11.6 Å². The number of hydrogen-bond donors (Lipinski definition) is 1. The molecule has 0 radical (unpaired) electrons. The van der Waals surface area contributed by atoms with E-state index in [1.165, 1.54) is 26.1 Å². The molecule has 1 aromatic heterocycles. The number of pyridine rings is 1. The van der Waals surface area contributed by atoms with E-state index in [9.17, 15) is 21.9 Å². The molecule has 0 saturated carbocycles. The van der Waals surface area contributed by atoms with Crippen molar-refractivity contribution in [2.24, 2.45) is 0 Å². The molecule has 1 aliphatic heterocycles. The average molecular weight is 485 g/mol. The Hall–Kier alpha value is -2.10. The fraction of sp³-hybridized carbons (Fsp3) is 0.381. The Labute approximate surface area is 188 Å². The summed E-state index contributed by atoms with van der Waals surface area (Å²) in [5, 5.41) is 10.9. The average Bonchev–Trinajstić information content (AvgIpc) is 2.64. The van der Waals surface area contributed by atoms with Crippen LogP contribution in [-0.2, 0) is 24.6 Å². The van der Waals surface area contributed by atoms with Crippen LogP contribution in [0.2, 0.25) is 5.02 Å². The van der Waals surface area contributed by atoms with Gasteiger partial charge in [0.15, 0.2) is 15.6 Å². The van der Waals surface area contributed by atoms with Crippen LogP contribution in [-0.4, -0.2) is 39.2 Å². The monoisotopic (exact) mass is 484 g/mol. The highest BCUT2D eigenvalue weighted by molar-refractivity contribution is 8.01. The Morgan fingerprint density at radius 1 is 1.19 bits per heavy atom. The minimum Gasteiger partial charge on any atom is -0.504 e. The molecule has 168 valence electrons. The first-order valence-corrected chi connectivity index (χ1v) is 13.3. The highest BCUT2D eigenvalue weighted by atomic mass is 35.5. The molecule has 10 heteroatoms.